The number of rotatable bonds is 4. The maximum absolute atomic E-state index is 6.15. The van der Waals surface area contributed by atoms with E-state index in [-0.39, 0.29) is 11.5 Å². The molecule has 1 rings (SSSR count). The maximum atomic E-state index is 6.15. The van der Waals surface area contributed by atoms with Crippen molar-refractivity contribution in [3.8, 4) is 0 Å². The molecule has 1 atom stereocenters. The summed E-state index contributed by atoms with van der Waals surface area (Å²) in [5, 5.41) is 3.25. The Morgan fingerprint density at radius 1 is 1.50 bits per heavy atom. The van der Waals surface area contributed by atoms with Gasteiger partial charge in [0.2, 0.25) is 0 Å². The Morgan fingerprint density at radius 2 is 2.12 bits per heavy atom. The van der Waals surface area contributed by atoms with E-state index in [1.165, 1.54) is 0 Å². The first-order valence-corrected chi connectivity index (χ1v) is 6.52. The van der Waals surface area contributed by atoms with E-state index in [1.54, 1.807) is 11.3 Å². The Kier molecular flexibility index (Phi) is 4.47. The Morgan fingerprint density at radius 3 is 2.56 bits per heavy atom. The average Bonchev–Trinajstić information content (AvgIpc) is 2.49. The minimum atomic E-state index is 0.159. The van der Waals surface area contributed by atoms with Crippen molar-refractivity contribution in [3.63, 3.8) is 0 Å². The largest absolute Gasteiger partial charge is 0.326 e. The molecule has 0 aliphatic heterocycles. The maximum Gasteiger partial charge on any atom is 0.0897 e. The number of aromatic nitrogens is 1. The highest BCUT2D eigenvalue weighted by molar-refractivity contribution is 7.09. The van der Waals surface area contributed by atoms with E-state index in [1.807, 2.05) is 6.92 Å². The molecule has 3 nitrogen and oxygen atoms in total. The second-order valence-corrected chi connectivity index (χ2v) is 6.59. The molecule has 0 spiro atoms. The predicted molar refractivity (Wildman–Crippen MR) is 70.6 cm³/mol. The summed E-state index contributed by atoms with van der Waals surface area (Å²) in [6.07, 6.45) is 0. The van der Waals surface area contributed by atoms with Crippen molar-refractivity contribution in [2.24, 2.45) is 11.1 Å². The fourth-order valence-corrected chi connectivity index (χ4v) is 2.04. The third kappa shape index (κ3) is 4.20. The summed E-state index contributed by atoms with van der Waals surface area (Å²) in [6.45, 7) is 10.4. The zero-order valence-corrected chi connectivity index (χ0v) is 11.8. The van der Waals surface area contributed by atoms with Crippen molar-refractivity contribution in [2.75, 3.05) is 13.6 Å². The number of hydrogen-bond acceptors (Lipinski definition) is 4. The summed E-state index contributed by atoms with van der Waals surface area (Å²) >= 11 is 1.70. The number of nitrogens with two attached hydrogens (primary N) is 1. The molecule has 1 unspecified atom stereocenters. The van der Waals surface area contributed by atoms with Crippen LogP contribution >= 0.6 is 11.3 Å². The molecule has 0 aliphatic rings. The minimum absolute atomic E-state index is 0.159. The highest BCUT2D eigenvalue weighted by atomic mass is 32.1. The number of likely N-dealkylation sites (N-methyl/N-ethyl adjacent to an activating group) is 1. The summed E-state index contributed by atoms with van der Waals surface area (Å²) in [5.74, 6) is 0. The Hall–Kier alpha value is -0.450. The average molecular weight is 241 g/mol. The molecule has 92 valence electrons. The van der Waals surface area contributed by atoms with Crippen molar-refractivity contribution in [1.82, 2.24) is 9.88 Å². The molecule has 0 saturated carbocycles. The smallest absolute Gasteiger partial charge is 0.0897 e. The molecule has 0 bridgehead atoms. The van der Waals surface area contributed by atoms with E-state index < -0.39 is 0 Å². The minimum Gasteiger partial charge on any atom is -0.326 e. The lowest BCUT2D eigenvalue weighted by atomic mass is 9.87. The van der Waals surface area contributed by atoms with Crippen LogP contribution in [0.3, 0.4) is 0 Å². The van der Waals surface area contributed by atoms with Gasteiger partial charge < -0.3 is 5.73 Å². The van der Waals surface area contributed by atoms with Crippen LogP contribution in [-0.2, 0) is 6.54 Å². The molecule has 1 aromatic rings. The van der Waals surface area contributed by atoms with Crippen LogP contribution in [0.5, 0.6) is 0 Å². The van der Waals surface area contributed by atoms with Gasteiger partial charge in [0.25, 0.3) is 0 Å². The molecular weight excluding hydrogens is 218 g/mol. The van der Waals surface area contributed by atoms with Crippen molar-refractivity contribution >= 4 is 11.3 Å². The first-order chi connectivity index (χ1) is 7.29. The zero-order chi connectivity index (χ0) is 12.3. The second kappa shape index (κ2) is 5.25. The number of aryl methyl sites for hydroxylation is 1. The van der Waals surface area contributed by atoms with Crippen molar-refractivity contribution in [1.29, 1.82) is 0 Å². The third-order valence-corrected chi connectivity index (χ3v) is 3.54. The van der Waals surface area contributed by atoms with E-state index in [0.29, 0.717) is 0 Å². The van der Waals surface area contributed by atoms with Gasteiger partial charge in [-0.1, -0.05) is 20.8 Å². The van der Waals surface area contributed by atoms with Crippen molar-refractivity contribution in [3.05, 3.63) is 16.1 Å². The van der Waals surface area contributed by atoms with Gasteiger partial charge in [0.15, 0.2) is 0 Å². The summed E-state index contributed by atoms with van der Waals surface area (Å²) in [7, 11) is 2.10. The number of hydrogen-bond donors (Lipinski definition) is 1. The molecule has 0 radical (unpaired) electrons. The van der Waals surface area contributed by atoms with Crippen LogP contribution in [0, 0.1) is 12.3 Å². The van der Waals surface area contributed by atoms with E-state index in [2.05, 4.69) is 43.1 Å². The number of thiazole rings is 1. The van der Waals surface area contributed by atoms with Gasteiger partial charge in [-0.15, -0.1) is 11.3 Å². The molecule has 1 heterocycles. The standard InChI is InChI=1S/C12H23N3S/c1-9-14-10(8-16-9)6-15(5)7-11(13)12(2,3)4/h8,11H,6-7,13H2,1-5H3. The van der Waals surface area contributed by atoms with Crippen LogP contribution in [0.2, 0.25) is 0 Å². The van der Waals surface area contributed by atoms with E-state index in [4.69, 9.17) is 5.73 Å². The topological polar surface area (TPSA) is 42.2 Å². The third-order valence-electron chi connectivity index (χ3n) is 2.72. The Bertz CT molecular complexity index is 327. The van der Waals surface area contributed by atoms with Gasteiger partial charge in [0.1, 0.15) is 0 Å². The summed E-state index contributed by atoms with van der Waals surface area (Å²) < 4.78 is 0. The molecule has 0 aromatic carbocycles. The van der Waals surface area contributed by atoms with Crippen LogP contribution in [-0.4, -0.2) is 29.5 Å². The van der Waals surface area contributed by atoms with Gasteiger partial charge in [-0.3, -0.25) is 4.90 Å². The summed E-state index contributed by atoms with van der Waals surface area (Å²) in [6, 6.07) is 0.192. The van der Waals surface area contributed by atoms with E-state index in [0.717, 1.165) is 23.8 Å². The highest BCUT2D eigenvalue weighted by Gasteiger charge is 2.21. The monoisotopic (exact) mass is 241 g/mol. The van der Waals surface area contributed by atoms with Crippen LogP contribution in [0.1, 0.15) is 31.5 Å². The molecule has 0 saturated heterocycles. The fourth-order valence-electron chi connectivity index (χ4n) is 1.43. The van der Waals surface area contributed by atoms with Crippen molar-refractivity contribution < 1.29 is 0 Å². The lowest BCUT2D eigenvalue weighted by Gasteiger charge is -2.30. The lowest BCUT2D eigenvalue weighted by molar-refractivity contribution is 0.221. The van der Waals surface area contributed by atoms with E-state index in [9.17, 15) is 0 Å². The van der Waals surface area contributed by atoms with Gasteiger partial charge in [0, 0.05) is 24.5 Å². The summed E-state index contributed by atoms with van der Waals surface area (Å²) in [4.78, 5) is 6.70. The summed E-state index contributed by atoms with van der Waals surface area (Å²) in [5.41, 5.74) is 7.45. The first-order valence-electron chi connectivity index (χ1n) is 5.64. The fraction of sp³-hybridized carbons (Fsp3) is 0.750. The lowest BCUT2D eigenvalue weighted by Crippen LogP contribution is -2.43. The molecule has 2 N–H and O–H groups in total. The SMILES string of the molecule is Cc1nc(CN(C)CC(N)C(C)(C)C)cs1. The van der Waals surface area contributed by atoms with Gasteiger partial charge in [-0.2, -0.15) is 0 Å². The molecule has 16 heavy (non-hydrogen) atoms. The van der Waals surface area contributed by atoms with Gasteiger partial charge in [-0.25, -0.2) is 4.98 Å². The predicted octanol–water partition coefficient (Wildman–Crippen LogP) is 2.26. The molecular formula is C12H23N3S. The van der Waals surface area contributed by atoms with Crippen LogP contribution in [0.15, 0.2) is 5.38 Å². The van der Waals surface area contributed by atoms with Gasteiger partial charge in [-0.05, 0) is 19.4 Å². The normalized spacial score (nSPS) is 14.4. The highest BCUT2D eigenvalue weighted by Crippen LogP contribution is 2.18. The molecule has 1 aromatic heterocycles. The zero-order valence-electron chi connectivity index (χ0n) is 10.9. The van der Waals surface area contributed by atoms with Gasteiger partial charge >= 0.3 is 0 Å². The van der Waals surface area contributed by atoms with Gasteiger partial charge in [0.05, 0.1) is 10.7 Å². The Labute approximate surface area is 103 Å². The molecule has 0 aliphatic carbocycles. The Balaban J connectivity index is 2.45. The molecule has 0 fully saturated rings. The second-order valence-electron chi connectivity index (χ2n) is 5.53. The van der Waals surface area contributed by atoms with Crippen LogP contribution in [0.25, 0.3) is 0 Å². The quantitative estimate of drug-likeness (QED) is 0.879. The van der Waals surface area contributed by atoms with Crippen LogP contribution < -0.4 is 5.73 Å². The van der Waals surface area contributed by atoms with Crippen molar-refractivity contribution in [2.45, 2.75) is 40.3 Å². The number of nitrogens with zero attached hydrogens (tertiary/aromatic N) is 2. The molecule has 0 amide bonds. The van der Waals surface area contributed by atoms with Crippen LogP contribution in [0.4, 0.5) is 0 Å². The van der Waals surface area contributed by atoms with E-state index >= 15 is 0 Å². The molecule has 4 heteroatoms. The first kappa shape index (κ1) is 13.6.